The van der Waals surface area contributed by atoms with Gasteiger partial charge in [0.15, 0.2) is 0 Å². The van der Waals surface area contributed by atoms with Gasteiger partial charge in [-0.15, -0.1) is 0 Å². The highest BCUT2D eigenvalue weighted by atomic mass is 32.2. The van der Waals surface area contributed by atoms with Gasteiger partial charge in [0.25, 0.3) is 15.9 Å². The molecule has 0 bridgehead atoms. The lowest BCUT2D eigenvalue weighted by Gasteiger charge is -2.28. The van der Waals surface area contributed by atoms with Crippen molar-refractivity contribution < 1.29 is 13.2 Å². The van der Waals surface area contributed by atoms with Crippen LogP contribution in [0.4, 0.5) is 5.69 Å². The number of carbonyl (C=O) groups excluding carboxylic acids is 1. The molecular weight excluding hydrogens is 350 g/mol. The fraction of sp³-hybridized carbons (Fsp3) is 0.316. The molecule has 2 unspecified atom stereocenters. The Kier molecular flexibility index (Phi) is 5.58. The van der Waals surface area contributed by atoms with Crippen LogP contribution in [-0.2, 0) is 10.0 Å². The van der Waals surface area contributed by atoms with E-state index in [2.05, 4.69) is 22.3 Å². The molecule has 1 aliphatic heterocycles. The Hall–Kier alpha value is -2.38. The van der Waals surface area contributed by atoms with Crippen LogP contribution in [0.15, 0.2) is 59.5 Å². The number of piperidine rings is 1. The lowest BCUT2D eigenvalue weighted by molar-refractivity contribution is 0.0925. The molecule has 0 radical (unpaired) electrons. The highest BCUT2D eigenvalue weighted by Crippen LogP contribution is 2.17. The van der Waals surface area contributed by atoms with Crippen LogP contribution in [0.3, 0.4) is 0 Å². The van der Waals surface area contributed by atoms with Gasteiger partial charge in [-0.05, 0) is 62.7 Å². The molecule has 2 aromatic rings. The molecule has 6 nitrogen and oxygen atoms in total. The summed E-state index contributed by atoms with van der Waals surface area (Å²) in [5.41, 5.74) is 0.948. The van der Waals surface area contributed by atoms with Gasteiger partial charge in [0.1, 0.15) is 0 Å². The highest BCUT2D eigenvalue weighted by Gasteiger charge is 2.21. The van der Waals surface area contributed by atoms with Gasteiger partial charge in [-0.25, -0.2) is 8.42 Å². The topological polar surface area (TPSA) is 87.3 Å². The zero-order chi connectivity index (χ0) is 18.6. The SMILES string of the molecule is CC1CC(NC(=O)c2ccc(S(=O)(=O)Nc3ccccc3)cc2)CCN1. The van der Waals surface area contributed by atoms with Crippen LogP contribution in [0.2, 0.25) is 0 Å². The summed E-state index contributed by atoms with van der Waals surface area (Å²) in [7, 11) is -3.68. The van der Waals surface area contributed by atoms with E-state index >= 15 is 0 Å². The maximum absolute atomic E-state index is 12.4. The van der Waals surface area contributed by atoms with Crippen LogP contribution in [0.1, 0.15) is 30.1 Å². The Morgan fingerprint density at radius 3 is 2.42 bits per heavy atom. The second-order valence-corrected chi connectivity index (χ2v) is 8.23. The first-order chi connectivity index (χ1) is 12.4. The van der Waals surface area contributed by atoms with Crippen molar-refractivity contribution >= 4 is 21.6 Å². The number of amides is 1. The van der Waals surface area contributed by atoms with E-state index in [-0.39, 0.29) is 16.8 Å². The summed E-state index contributed by atoms with van der Waals surface area (Å²) in [6, 6.07) is 15.2. The molecule has 2 atom stereocenters. The minimum Gasteiger partial charge on any atom is -0.349 e. The van der Waals surface area contributed by atoms with Gasteiger partial charge in [0.05, 0.1) is 4.90 Å². The molecule has 7 heteroatoms. The number of rotatable bonds is 5. The van der Waals surface area contributed by atoms with Crippen molar-refractivity contribution in [3.8, 4) is 0 Å². The molecule has 2 aromatic carbocycles. The molecule has 1 amide bonds. The quantitative estimate of drug-likeness (QED) is 0.751. The summed E-state index contributed by atoms with van der Waals surface area (Å²) in [6.07, 6.45) is 1.78. The van der Waals surface area contributed by atoms with Gasteiger partial charge >= 0.3 is 0 Å². The van der Waals surface area contributed by atoms with Gasteiger partial charge in [0, 0.05) is 23.3 Å². The minimum atomic E-state index is -3.68. The Bertz CT molecular complexity index is 851. The normalized spacial score (nSPS) is 20.3. The van der Waals surface area contributed by atoms with Gasteiger partial charge in [-0.3, -0.25) is 9.52 Å². The monoisotopic (exact) mass is 373 g/mol. The van der Waals surface area contributed by atoms with Crippen LogP contribution < -0.4 is 15.4 Å². The van der Waals surface area contributed by atoms with Crippen LogP contribution in [0.25, 0.3) is 0 Å². The molecule has 0 saturated carbocycles. The third-order valence-corrected chi connectivity index (χ3v) is 5.81. The van der Waals surface area contributed by atoms with Crippen molar-refractivity contribution in [2.24, 2.45) is 0 Å². The van der Waals surface area contributed by atoms with Crippen LogP contribution in [0.5, 0.6) is 0 Å². The standard InChI is InChI=1S/C19H23N3O3S/c1-14-13-17(11-12-20-14)21-19(23)15-7-9-18(10-8-15)26(24,25)22-16-5-3-2-4-6-16/h2-10,14,17,20,22H,11-13H2,1H3,(H,21,23). The lowest BCUT2D eigenvalue weighted by Crippen LogP contribution is -2.46. The van der Waals surface area contributed by atoms with Crippen molar-refractivity contribution in [1.82, 2.24) is 10.6 Å². The number of sulfonamides is 1. The Morgan fingerprint density at radius 1 is 1.08 bits per heavy atom. The molecule has 0 aliphatic carbocycles. The summed E-state index contributed by atoms with van der Waals surface area (Å²) in [4.78, 5) is 12.5. The molecule has 1 aliphatic rings. The Labute approximate surface area is 154 Å². The molecule has 1 saturated heterocycles. The molecule has 26 heavy (non-hydrogen) atoms. The first-order valence-corrected chi connectivity index (χ1v) is 10.1. The maximum atomic E-state index is 12.4. The van der Waals surface area contributed by atoms with Gasteiger partial charge in [0.2, 0.25) is 0 Å². The number of benzene rings is 2. The third-order valence-electron chi connectivity index (χ3n) is 4.41. The van der Waals surface area contributed by atoms with Crippen LogP contribution in [-0.4, -0.2) is 33.0 Å². The van der Waals surface area contributed by atoms with Crippen molar-refractivity contribution in [3.05, 3.63) is 60.2 Å². The molecule has 138 valence electrons. The van der Waals surface area contributed by atoms with E-state index in [1.165, 1.54) is 12.1 Å². The predicted octanol–water partition coefficient (Wildman–Crippen LogP) is 2.36. The zero-order valence-corrected chi connectivity index (χ0v) is 15.4. The van der Waals surface area contributed by atoms with Crippen LogP contribution >= 0.6 is 0 Å². The predicted molar refractivity (Wildman–Crippen MR) is 102 cm³/mol. The molecule has 0 aromatic heterocycles. The highest BCUT2D eigenvalue weighted by molar-refractivity contribution is 7.92. The number of anilines is 1. The van der Waals surface area contributed by atoms with E-state index in [0.717, 1.165) is 19.4 Å². The minimum absolute atomic E-state index is 0.119. The largest absolute Gasteiger partial charge is 0.349 e. The summed E-state index contributed by atoms with van der Waals surface area (Å²) < 4.78 is 27.4. The second-order valence-electron chi connectivity index (χ2n) is 6.55. The lowest BCUT2D eigenvalue weighted by atomic mass is 10.0. The van der Waals surface area contributed by atoms with E-state index in [1.54, 1.807) is 36.4 Å². The third kappa shape index (κ3) is 4.62. The molecule has 3 N–H and O–H groups in total. The molecular formula is C19H23N3O3S. The Morgan fingerprint density at radius 2 is 1.77 bits per heavy atom. The first kappa shape index (κ1) is 18.4. The molecule has 1 heterocycles. The molecule has 1 fully saturated rings. The zero-order valence-electron chi connectivity index (χ0n) is 14.6. The maximum Gasteiger partial charge on any atom is 0.261 e. The fourth-order valence-electron chi connectivity index (χ4n) is 3.04. The van der Waals surface area contributed by atoms with E-state index in [0.29, 0.717) is 17.3 Å². The summed E-state index contributed by atoms with van der Waals surface area (Å²) in [5.74, 6) is -0.177. The first-order valence-electron chi connectivity index (χ1n) is 8.66. The molecule has 0 spiro atoms. The average molecular weight is 373 g/mol. The van der Waals surface area contributed by atoms with E-state index in [4.69, 9.17) is 0 Å². The van der Waals surface area contributed by atoms with Gasteiger partial charge in [-0.1, -0.05) is 18.2 Å². The Balaban J connectivity index is 1.66. The van der Waals surface area contributed by atoms with Crippen molar-refractivity contribution in [2.75, 3.05) is 11.3 Å². The summed E-state index contributed by atoms with van der Waals surface area (Å²) in [5, 5.41) is 6.36. The fourth-order valence-corrected chi connectivity index (χ4v) is 4.10. The second kappa shape index (κ2) is 7.88. The number of carbonyl (C=O) groups is 1. The van der Waals surface area contributed by atoms with E-state index in [1.807, 2.05) is 6.07 Å². The smallest absolute Gasteiger partial charge is 0.261 e. The van der Waals surface area contributed by atoms with E-state index in [9.17, 15) is 13.2 Å². The van der Waals surface area contributed by atoms with Crippen LogP contribution in [0, 0.1) is 0 Å². The van der Waals surface area contributed by atoms with E-state index < -0.39 is 10.0 Å². The number of para-hydroxylation sites is 1. The summed E-state index contributed by atoms with van der Waals surface area (Å²) >= 11 is 0. The van der Waals surface area contributed by atoms with Crippen molar-refractivity contribution in [1.29, 1.82) is 0 Å². The van der Waals surface area contributed by atoms with Gasteiger partial charge < -0.3 is 10.6 Å². The number of hydrogen-bond donors (Lipinski definition) is 3. The summed E-state index contributed by atoms with van der Waals surface area (Å²) in [6.45, 7) is 2.98. The molecule has 3 rings (SSSR count). The van der Waals surface area contributed by atoms with Gasteiger partial charge in [-0.2, -0.15) is 0 Å². The van der Waals surface area contributed by atoms with Crippen molar-refractivity contribution in [3.63, 3.8) is 0 Å². The number of hydrogen-bond acceptors (Lipinski definition) is 4. The van der Waals surface area contributed by atoms with Crippen molar-refractivity contribution in [2.45, 2.75) is 36.7 Å². The number of nitrogens with one attached hydrogen (secondary N) is 3. The average Bonchev–Trinajstić information content (AvgIpc) is 2.62.